The number of aliphatic hydroxyl groups excluding tert-OH is 1. The van der Waals surface area contributed by atoms with Gasteiger partial charge in [-0.25, -0.2) is 0 Å². The van der Waals surface area contributed by atoms with E-state index in [0.717, 1.165) is 10.4 Å². The fraction of sp³-hybridized carbons (Fsp3) is 0.250. The van der Waals surface area contributed by atoms with Gasteiger partial charge < -0.3 is 10.4 Å². The number of carbonyl (C=O) groups excluding carboxylic acids is 2. The van der Waals surface area contributed by atoms with Gasteiger partial charge >= 0.3 is 0 Å². The molecule has 28 heavy (non-hydrogen) atoms. The molecule has 2 aromatic rings. The second-order valence-electron chi connectivity index (χ2n) is 6.24. The molecule has 146 valence electrons. The molecular formula is C20H20N2O3S3. The van der Waals surface area contributed by atoms with Gasteiger partial charge in [-0.1, -0.05) is 60.4 Å². The van der Waals surface area contributed by atoms with Gasteiger partial charge in [-0.2, -0.15) is 0 Å². The van der Waals surface area contributed by atoms with E-state index in [2.05, 4.69) is 5.32 Å². The normalized spacial score (nSPS) is 16.6. The average Bonchev–Trinajstić information content (AvgIpc) is 3.29. The van der Waals surface area contributed by atoms with Crippen LogP contribution in [-0.4, -0.2) is 45.3 Å². The molecule has 8 heteroatoms. The summed E-state index contributed by atoms with van der Waals surface area (Å²) in [5.41, 5.74) is 1.04. The maximum Gasteiger partial charge on any atom is 0.266 e. The quantitative estimate of drug-likeness (QED) is 0.496. The molecule has 5 nitrogen and oxygen atoms in total. The lowest BCUT2D eigenvalue weighted by Gasteiger charge is -2.18. The van der Waals surface area contributed by atoms with Crippen molar-refractivity contribution in [2.75, 3.05) is 13.2 Å². The number of thiocarbonyl (C=S) groups is 1. The van der Waals surface area contributed by atoms with Gasteiger partial charge in [-0.3, -0.25) is 14.5 Å². The van der Waals surface area contributed by atoms with Crippen LogP contribution in [0.4, 0.5) is 0 Å². The zero-order chi connectivity index (χ0) is 19.9. The number of thioether (sulfide) groups is 1. The molecule has 1 aliphatic rings. The first kappa shape index (κ1) is 20.7. The number of nitrogens with one attached hydrogen (secondary N) is 1. The summed E-state index contributed by atoms with van der Waals surface area (Å²) in [6, 6.07) is 13.2. The second-order valence-corrected chi connectivity index (χ2v) is 8.89. The minimum Gasteiger partial charge on any atom is -0.394 e. The van der Waals surface area contributed by atoms with Crippen LogP contribution in [0.2, 0.25) is 0 Å². The van der Waals surface area contributed by atoms with Crippen molar-refractivity contribution in [2.24, 2.45) is 0 Å². The van der Waals surface area contributed by atoms with Gasteiger partial charge in [-0.15, -0.1) is 11.3 Å². The zero-order valence-electron chi connectivity index (χ0n) is 15.0. The minimum absolute atomic E-state index is 0.129. The zero-order valence-corrected chi connectivity index (χ0v) is 17.5. The first-order valence-electron chi connectivity index (χ1n) is 8.80. The summed E-state index contributed by atoms with van der Waals surface area (Å²) in [7, 11) is 0. The van der Waals surface area contributed by atoms with E-state index < -0.39 is 0 Å². The highest BCUT2D eigenvalue weighted by Crippen LogP contribution is 2.33. The molecule has 2 N–H and O–H groups in total. The molecule has 3 rings (SSSR count). The number of hydrogen-bond acceptors (Lipinski definition) is 6. The Kier molecular flexibility index (Phi) is 7.38. The van der Waals surface area contributed by atoms with Gasteiger partial charge in [0.1, 0.15) is 4.32 Å². The van der Waals surface area contributed by atoms with Crippen LogP contribution in [0.1, 0.15) is 16.9 Å². The number of nitrogens with zero attached hydrogens (tertiary/aromatic N) is 1. The van der Waals surface area contributed by atoms with Crippen LogP contribution in [0.5, 0.6) is 0 Å². The molecule has 2 heterocycles. The van der Waals surface area contributed by atoms with E-state index in [-0.39, 0.29) is 37.4 Å². The SMILES string of the molecule is O=C(CCN1C(=O)/C(=C/c2cccs2)SC1=S)NC(CO)Cc1ccccc1. The maximum absolute atomic E-state index is 12.6. The van der Waals surface area contributed by atoms with Gasteiger partial charge in [0, 0.05) is 17.8 Å². The summed E-state index contributed by atoms with van der Waals surface area (Å²) >= 11 is 8.11. The molecule has 1 saturated heterocycles. The van der Waals surface area contributed by atoms with Gasteiger partial charge in [0.05, 0.1) is 17.6 Å². The average molecular weight is 433 g/mol. The second kappa shape index (κ2) is 9.97. The summed E-state index contributed by atoms with van der Waals surface area (Å²) in [5, 5.41) is 14.3. The molecule has 1 aromatic heterocycles. The Balaban J connectivity index is 1.52. The summed E-state index contributed by atoms with van der Waals surface area (Å²) < 4.78 is 0.462. The number of carbonyl (C=O) groups is 2. The third-order valence-corrected chi connectivity index (χ3v) is 6.36. The van der Waals surface area contributed by atoms with Crippen LogP contribution in [0, 0.1) is 0 Å². The largest absolute Gasteiger partial charge is 0.394 e. The molecule has 1 atom stereocenters. The van der Waals surface area contributed by atoms with Gasteiger partial charge in [0.2, 0.25) is 5.91 Å². The van der Waals surface area contributed by atoms with Crippen LogP contribution in [-0.2, 0) is 16.0 Å². The van der Waals surface area contributed by atoms with Crippen molar-refractivity contribution in [3.05, 3.63) is 63.2 Å². The molecule has 0 aliphatic carbocycles. The topological polar surface area (TPSA) is 69.6 Å². The highest BCUT2D eigenvalue weighted by molar-refractivity contribution is 8.26. The molecule has 2 amide bonds. The number of hydrogen-bond donors (Lipinski definition) is 2. The Bertz CT molecular complexity index is 866. The fourth-order valence-corrected chi connectivity index (χ4v) is 4.80. The molecular weight excluding hydrogens is 412 g/mol. The lowest BCUT2D eigenvalue weighted by Crippen LogP contribution is -2.41. The summed E-state index contributed by atoms with van der Waals surface area (Å²) in [6.45, 7) is 0.0764. The Hall–Kier alpha value is -2.00. The monoisotopic (exact) mass is 432 g/mol. The van der Waals surface area contributed by atoms with Gasteiger partial charge in [0.15, 0.2) is 0 Å². The Morgan fingerprint density at radius 1 is 1.25 bits per heavy atom. The molecule has 1 aliphatic heterocycles. The van der Waals surface area contributed by atoms with Gasteiger partial charge in [0.25, 0.3) is 5.91 Å². The van der Waals surface area contributed by atoms with Crippen LogP contribution in [0.15, 0.2) is 52.7 Å². The van der Waals surface area contributed by atoms with Crippen molar-refractivity contribution in [3.63, 3.8) is 0 Å². The number of thiophene rings is 1. The van der Waals surface area contributed by atoms with Crippen molar-refractivity contribution in [2.45, 2.75) is 18.9 Å². The smallest absolute Gasteiger partial charge is 0.266 e. The molecule has 1 aromatic carbocycles. The molecule has 1 unspecified atom stereocenters. The Morgan fingerprint density at radius 2 is 2.04 bits per heavy atom. The fourth-order valence-electron chi connectivity index (χ4n) is 2.77. The van der Waals surface area contributed by atoms with Crippen molar-refractivity contribution >= 4 is 57.5 Å². The summed E-state index contributed by atoms with van der Waals surface area (Å²) in [5.74, 6) is -0.384. The third-order valence-electron chi connectivity index (χ3n) is 4.16. The van der Waals surface area contributed by atoms with E-state index >= 15 is 0 Å². The van der Waals surface area contributed by atoms with E-state index in [1.54, 1.807) is 11.3 Å². The van der Waals surface area contributed by atoms with E-state index in [0.29, 0.717) is 15.6 Å². The van der Waals surface area contributed by atoms with Crippen molar-refractivity contribution in [1.29, 1.82) is 0 Å². The first-order chi connectivity index (χ1) is 13.6. The van der Waals surface area contributed by atoms with E-state index in [4.69, 9.17) is 12.2 Å². The molecule has 1 fully saturated rings. The highest BCUT2D eigenvalue weighted by Gasteiger charge is 2.32. The van der Waals surface area contributed by atoms with E-state index in [9.17, 15) is 14.7 Å². The van der Waals surface area contributed by atoms with E-state index in [1.807, 2.05) is 53.9 Å². The molecule has 0 bridgehead atoms. The lowest BCUT2D eigenvalue weighted by molar-refractivity contribution is -0.124. The third kappa shape index (κ3) is 5.51. The van der Waals surface area contributed by atoms with Crippen molar-refractivity contribution in [3.8, 4) is 0 Å². The van der Waals surface area contributed by atoms with Crippen LogP contribution in [0.3, 0.4) is 0 Å². The lowest BCUT2D eigenvalue weighted by atomic mass is 10.1. The minimum atomic E-state index is -0.361. The summed E-state index contributed by atoms with van der Waals surface area (Å²) in [6.07, 6.45) is 2.50. The van der Waals surface area contributed by atoms with Crippen LogP contribution < -0.4 is 5.32 Å². The van der Waals surface area contributed by atoms with Crippen LogP contribution >= 0.6 is 35.3 Å². The first-order valence-corrected chi connectivity index (χ1v) is 10.9. The van der Waals surface area contributed by atoms with Crippen LogP contribution in [0.25, 0.3) is 6.08 Å². The predicted molar refractivity (Wildman–Crippen MR) is 118 cm³/mol. The standard InChI is InChI=1S/C20H20N2O3S3/c23-13-15(11-14-5-2-1-3-6-14)21-18(24)8-9-22-19(25)17(28-20(22)26)12-16-7-4-10-27-16/h1-7,10,12,15,23H,8-9,11,13H2,(H,21,24)/b17-12-. The highest BCUT2D eigenvalue weighted by atomic mass is 32.2. The van der Waals surface area contributed by atoms with E-state index in [1.165, 1.54) is 16.7 Å². The number of benzene rings is 1. The molecule has 0 spiro atoms. The van der Waals surface area contributed by atoms with Crippen molar-refractivity contribution in [1.82, 2.24) is 10.2 Å². The molecule has 0 radical (unpaired) electrons. The van der Waals surface area contributed by atoms with Crippen molar-refractivity contribution < 1.29 is 14.7 Å². The Morgan fingerprint density at radius 3 is 2.71 bits per heavy atom. The number of rotatable bonds is 8. The summed E-state index contributed by atoms with van der Waals surface area (Å²) in [4.78, 5) is 27.9. The molecule has 0 saturated carbocycles. The number of aliphatic hydroxyl groups is 1. The maximum atomic E-state index is 12.6. The predicted octanol–water partition coefficient (Wildman–Crippen LogP) is 3.06. The number of amides is 2. The van der Waals surface area contributed by atoms with Gasteiger partial charge in [-0.05, 0) is 29.5 Å². The Labute approximate surface area is 177 Å².